The smallest absolute Gasteiger partial charge is 0.335 e. The third kappa shape index (κ3) is 2.33. The van der Waals surface area contributed by atoms with E-state index in [-0.39, 0.29) is 0 Å². The Labute approximate surface area is 119 Å². The Morgan fingerprint density at radius 3 is 2.50 bits per heavy atom. The van der Waals surface area contributed by atoms with Crippen LogP contribution in [0.3, 0.4) is 0 Å². The maximum Gasteiger partial charge on any atom is 0.335 e. The van der Waals surface area contributed by atoms with Gasteiger partial charge in [0.05, 0.1) is 11.3 Å². The summed E-state index contributed by atoms with van der Waals surface area (Å²) in [5.74, 6) is -0.891. The van der Waals surface area contributed by atoms with Crippen LogP contribution in [0.4, 0.5) is 0 Å². The van der Waals surface area contributed by atoms with Crippen molar-refractivity contribution in [1.29, 1.82) is 0 Å². The number of hydrogen-bond donors (Lipinski definition) is 1. The molecule has 0 aliphatic carbocycles. The number of benzene rings is 1. The molecule has 106 valence electrons. The van der Waals surface area contributed by atoms with E-state index in [0.29, 0.717) is 5.56 Å². The van der Waals surface area contributed by atoms with Crippen LogP contribution in [0.25, 0.3) is 11.1 Å². The normalized spacial score (nSPS) is 10.8. The zero-order valence-corrected chi connectivity index (χ0v) is 12.4. The van der Waals surface area contributed by atoms with Crippen LogP contribution < -0.4 is 0 Å². The Balaban J connectivity index is 2.65. The minimum Gasteiger partial charge on any atom is -0.478 e. The van der Waals surface area contributed by atoms with E-state index in [4.69, 9.17) is 5.11 Å². The highest BCUT2D eigenvalue weighted by molar-refractivity contribution is 5.89. The van der Waals surface area contributed by atoms with Gasteiger partial charge in [-0.15, -0.1) is 0 Å². The van der Waals surface area contributed by atoms with Crippen molar-refractivity contribution in [1.82, 2.24) is 9.78 Å². The summed E-state index contributed by atoms with van der Waals surface area (Å²) in [6.07, 6.45) is 1.77. The topological polar surface area (TPSA) is 55.1 Å². The van der Waals surface area contributed by atoms with Gasteiger partial charge in [-0.3, -0.25) is 4.68 Å². The fraction of sp³-hybridized carbons (Fsp3) is 0.375. The van der Waals surface area contributed by atoms with E-state index in [9.17, 15) is 4.79 Å². The number of carboxylic acid groups (broad SMARTS) is 1. The van der Waals surface area contributed by atoms with Gasteiger partial charge in [0.2, 0.25) is 0 Å². The molecule has 20 heavy (non-hydrogen) atoms. The first-order chi connectivity index (χ1) is 9.49. The lowest BCUT2D eigenvalue weighted by molar-refractivity contribution is 0.0697. The summed E-state index contributed by atoms with van der Waals surface area (Å²) in [5.41, 5.74) is 5.79. The third-order valence-corrected chi connectivity index (χ3v) is 3.65. The molecule has 0 fully saturated rings. The lowest BCUT2D eigenvalue weighted by atomic mass is 9.95. The number of aromatic nitrogens is 2. The first kappa shape index (κ1) is 14.3. The van der Waals surface area contributed by atoms with Gasteiger partial charge in [0, 0.05) is 18.3 Å². The van der Waals surface area contributed by atoms with Gasteiger partial charge in [0.25, 0.3) is 0 Å². The lowest BCUT2D eigenvalue weighted by Crippen LogP contribution is -1.99. The molecule has 0 aliphatic rings. The second-order valence-corrected chi connectivity index (χ2v) is 4.93. The van der Waals surface area contributed by atoms with Crippen molar-refractivity contribution in [3.05, 3.63) is 40.7 Å². The Morgan fingerprint density at radius 2 is 2.00 bits per heavy atom. The maximum absolute atomic E-state index is 11.0. The van der Waals surface area contributed by atoms with Crippen molar-refractivity contribution in [3.63, 3.8) is 0 Å². The van der Waals surface area contributed by atoms with Gasteiger partial charge in [-0.05, 0) is 43.0 Å². The number of nitrogens with zero attached hydrogens (tertiary/aromatic N) is 2. The molecule has 0 unspecified atom stereocenters. The molecule has 0 atom stereocenters. The molecule has 1 N–H and O–H groups in total. The quantitative estimate of drug-likeness (QED) is 0.929. The molecule has 4 nitrogen and oxygen atoms in total. The van der Waals surface area contributed by atoms with Crippen molar-refractivity contribution >= 4 is 5.97 Å². The zero-order chi connectivity index (χ0) is 14.9. The number of rotatable bonds is 4. The predicted molar refractivity (Wildman–Crippen MR) is 79.1 cm³/mol. The molecule has 0 saturated carbocycles. The average molecular weight is 272 g/mol. The number of hydrogen-bond acceptors (Lipinski definition) is 2. The van der Waals surface area contributed by atoms with Crippen LogP contribution in [0.15, 0.2) is 18.2 Å². The van der Waals surface area contributed by atoms with Gasteiger partial charge in [0.1, 0.15) is 0 Å². The molecule has 0 amide bonds. The van der Waals surface area contributed by atoms with E-state index in [1.54, 1.807) is 12.1 Å². The van der Waals surface area contributed by atoms with Crippen molar-refractivity contribution in [2.75, 3.05) is 0 Å². The van der Waals surface area contributed by atoms with Crippen LogP contribution in [-0.2, 0) is 19.9 Å². The molecule has 4 heteroatoms. The summed E-state index contributed by atoms with van der Waals surface area (Å²) < 4.78 is 1.93. The van der Waals surface area contributed by atoms with E-state index in [0.717, 1.165) is 35.2 Å². The first-order valence-electron chi connectivity index (χ1n) is 6.88. The molecule has 2 rings (SSSR count). The van der Waals surface area contributed by atoms with Gasteiger partial charge in [-0.25, -0.2) is 4.79 Å². The van der Waals surface area contributed by atoms with Crippen LogP contribution in [0.1, 0.15) is 41.2 Å². The minimum atomic E-state index is -0.891. The summed E-state index contributed by atoms with van der Waals surface area (Å²) in [7, 11) is 1.96. The van der Waals surface area contributed by atoms with E-state index in [1.165, 1.54) is 5.69 Å². The monoisotopic (exact) mass is 272 g/mol. The van der Waals surface area contributed by atoms with Gasteiger partial charge >= 0.3 is 5.97 Å². The summed E-state index contributed by atoms with van der Waals surface area (Å²) >= 11 is 0. The van der Waals surface area contributed by atoms with E-state index in [1.807, 2.05) is 24.7 Å². The van der Waals surface area contributed by atoms with E-state index in [2.05, 4.69) is 18.9 Å². The average Bonchev–Trinajstić information content (AvgIpc) is 2.74. The highest BCUT2D eigenvalue weighted by atomic mass is 16.4. The van der Waals surface area contributed by atoms with Crippen molar-refractivity contribution in [3.8, 4) is 11.1 Å². The first-order valence-corrected chi connectivity index (χ1v) is 6.88. The fourth-order valence-electron chi connectivity index (χ4n) is 2.66. The van der Waals surface area contributed by atoms with Gasteiger partial charge < -0.3 is 5.11 Å². The Kier molecular flexibility index (Phi) is 3.93. The Bertz CT molecular complexity index is 657. The molecule has 0 radical (unpaired) electrons. The Morgan fingerprint density at radius 1 is 1.30 bits per heavy atom. The van der Waals surface area contributed by atoms with Crippen LogP contribution >= 0.6 is 0 Å². The van der Waals surface area contributed by atoms with E-state index < -0.39 is 5.97 Å². The van der Waals surface area contributed by atoms with Gasteiger partial charge in [0.15, 0.2) is 0 Å². The summed E-state index contributed by atoms with van der Waals surface area (Å²) in [4.78, 5) is 11.0. The molecule has 0 aliphatic heterocycles. The van der Waals surface area contributed by atoms with Crippen LogP contribution in [-0.4, -0.2) is 20.9 Å². The number of aromatic carboxylic acids is 1. The van der Waals surface area contributed by atoms with Crippen LogP contribution in [0.5, 0.6) is 0 Å². The molecule has 1 aromatic carbocycles. The molecular formula is C16H20N2O2. The second-order valence-electron chi connectivity index (χ2n) is 4.93. The summed E-state index contributed by atoms with van der Waals surface area (Å²) in [6.45, 7) is 6.15. The minimum absolute atomic E-state index is 0.325. The molecule has 2 aromatic rings. The largest absolute Gasteiger partial charge is 0.478 e. The summed E-state index contributed by atoms with van der Waals surface area (Å²) in [5, 5.41) is 13.6. The van der Waals surface area contributed by atoms with Crippen LogP contribution in [0, 0.1) is 6.92 Å². The molecule has 0 spiro atoms. The zero-order valence-electron chi connectivity index (χ0n) is 12.4. The Hall–Kier alpha value is -2.10. The number of aryl methyl sites for hydroxylation is 3. The fourth-order valence-corrected chi connectivity index (χ4v) is 2.66. The lowest BCUT2D eigenvalue weighted by Gasteiger charge is -2.09. The molecule has 0 saturated heterocycles. The number of carbonyl (C=O) groups is 1. The second kappa shape index (κ2) is 5.49. The highest BCUT2D eigenvalue weighted by Gasteiger charge is 2.17. The van der Waals surface area contributed by atoms with Crippen LogP contribution in [0.2, 0.25) is 0 Å². The number of carboxylic acids is 1. The highest BCUT2D eigenvalue weighted by Crippen LogP contribution is 2.31. The molecular weight excluding hydrogens is 252 g/mol. The third-order valence-electron chi connectivity index (χ3n) is 3.65. The standard InChI is InChI=1S/C16H20N2O2/c1-5-13-15(14(6-2)18(4)17-13)12-8-7-11(16(19)20)9-10(12)3/h7-9H,5-6H2,1-4H3,(H,19,20). The van der Waals surface area contributed by atoms with Crippen molar-refractivity contribution < 1.29 is 9.90 Å². The van der Waals surface area contributed by atoms with Gasteiger partial charge in [-0.2, -0.15) is 5.10 Å². The van der Waals surface area contributed by atoms with Crippen molar-refractivity contribution in [2.45, 2.75) is 33.6 Å². The molecule has 1 heterocycles. The summed E-state index contributed by atoms with van der Waals surface area (Å²) in [6, 6.07) is 5.29. The molecule has 1 aromatic heterocycles. The van der Waals surface area contributed by atoms with Gasteiger partial charge in [-0.1, -0.05) is 19.9 Å². The predicted octanol–water partition coefficient (Wildman–Crippen LogP) is 3.22. The maximum atomic E-state index is 11.0. The SMILES string of the molecule is CCc1nn(C)c(CC)c1-c1ccc(C(=O)O)cc1C. The molecule has 0 bridgehead atoms. The van der Waals surface area contributed by atoms with E-state index >= 15 is 0 Å². The van der Waals surface area contributed by atoms with Crippen molar-refractivity contribution in [2.24, 2.45) is 7.05 Å².